The molecule has 19 unspecified atom stereocenters. The van der Waals surface area contributed by atoms with Crippen LogP contribution in [0.25, 0.3) is 0 Å². The molecule has 5 heterocycles. The number of nitrogens with one attached hydrogen (secondary N) is 3. The Morgan fingerprint density at radius 1 is 0.724 bits per heavy atom. The molecule has 0 aliphatic carbocycles. The number of hydrogen-bond donors (Lipinski definition) is 13. The van der Waals surface area contributed by atoms with E-state index in [0.717, 1.165) is 38.0 Å². The van der Waals surface area contributed by atoms with Crippen molar-refractivity contribution in [1.29, 1.82) is 0 Å². The van der Waals surface area contributed by atoms with Crippen molar-refractivity contribution in [3.8, 4) is 0 Å². The van der Waals surface area contributed by atoms with E-state index in [2.05, 4.69) is 25.8 Å². The zero-order valence-corrected chi connectivity index (χ0v) is 57.0. The SMILES string of the molecule is CNc1ccc(C(=O)CC(O)CCC(C)C2OC(=O)CC(O)CC(=O)CC(O)CC(O)CC(O)CC(O)CC3(O)CC(O)C(C(=O)NCCc4ccccn4)C(CC(OC4OC(C)C(O)C(NC(=O)CCN5CCCCC5)C4O)/C=C/C=C/C=C/C=C/C=C/C=C/C=C/C2C)O3)cc1. The van der Waals surface area contributed by atoms with Crippen molar-refractivity contribution >= 4 is 35.0 Å². The molecule has 542 valence electrons. The van der Waals surface area contributed by atoms with Gasteiger partial charge in [0.05, 0.1) is 79.4 Å². The van der Waals surface area contributed by atoms with Crippen LogP contribution in [0.2, 0.25) is 0 Å². The van der Waals surface area contributed by atoms with E-state index in [1.165, 1.54) is 0 Å². The topological polar surface area (TPSA) is 377 Å². The summed E-state index contributed by atoms with van der Waals surface area (Å²) in [5.41, 5.74) is 1.99. The lowest BCUT2D eigenvalue weighted by Crippen LogP contribution is -2.64. The van der Waals surface area contributed by atoms with Crippen molar-refractivity contribution in [2.75, 3.05) is 38.5 Å². The van der Waals surface area contributed by atoms with Gasteiger partial charge in [0.25, 0.3) is 0 Å². The second-order valence-electron chi connectivity index (χ2n) is 26.6. The second-order valence-corrected chi connectivity index (χ2v) is 26.6. The molecule has 4 aliphatic rings. The fraction of sp³-hybridized carbons (Fsp3) is 0.595. The van der Waals surface area contributed by atoms with Crippen molar-refractivity contribution in [3.63, 3.8) is 0 Å². The van der Waals surface area contributed by atoms with Crippen LogP contribution in [-0.4, -0.2) is 221 Å². The highest BCUT2D eigenvalue weighted by atomic mass is 16.7. The van der Waals surface area contributed by atoms with E-state index < -0.39 is 178 Å². The van der Waals surface area contributed by atoms with Crippen LogP contribution in [0.1, 0.15) is 140 Å². The number of cyclic esters (lactones) is 1. The van der Waals surface area contributed by atoms with Crippen molar-refractivity contribution in [2.45, 2.75) is 227 Å². The highest BCUT2D eigenvalue weighted by molar-refractivity contribution is 5.96. The molecule has 0 saturated carbocycles. The number of rotatable bonds is 18. The van der Waals surface area contributed by atoms with E-state index in [1.54, 1.807) is 142 Å². The number of likely N-dealkylation sites (tertiary alicyclic amines) is 1. The lowest BCUT2D eigenvalue weighted by molar-refractivity contribution is -0.307. The summed E-state index contributed by atoms with van der Waals surface area (Å²) in [5, 5.41) is 122. The minimum absolute atomic E-state index is 0.107. The van der Waals surface area contributed by atoms with Crippen LogP contribution < -0.4 is 16.0 Å². The summed E-state index contributed by atoms with van der Waals surface area (Å²) in [6, 6.07) is 11.0. The number of carbonyl (C=O) groups excluding carboxylic acids is 5. The number of esters is 1. The largest absolute Gasteiger partial charge is 0.461 e. The van der Waals surface area contributed by atoms with Gasteiger partial charge in [-0.05, 0) is 107 Å². The van der Waals surface area contributed by atoms with E-state index in [1.807, 2.05) is 19.9 Å². The summed E-state index contributed by atoms with van der Waals surface area (Å²) < 4.78 is 24.9. The Bertz CT molecular complexity index is 2970. The summed E-state index contributed by atoms with van der Waals surface area (Å²) in [6.07, 6.45) is 7.37. The van der Waals surface area contributed by atoms with E-state index in [9.17, 15) is 75.0 Å². The normalized spacial score (nSPS) is 34.2. The zero-order valence-electron chi connectivity index (χ0n) is 57.0. The smallest absolute Gasteiger partial charge is 0.308 e. The van der Waals surface area contributed by atoms with Gasteiger partial charge in [-0.25, -0.2) is 0 Å². The van der Waals surface area contributed by atoms with E-state index in [-0.39, 0.29) is 49.8 Å². The average Bonchev–Trinajstić information content (AvgIpc) is 0.790. The van der Waals surface area contributed by atoms with Crippen LogP contribution in [0.4, 0.5) is 5.69 Å². The fourth-order valence-corrected chi connectivity index (χ4v) is 12.9. The minimum atomic E-state index is -2.34. The molecule has 13 N–H and O–H groups in total. The molecule has 0 spiro atoms. The van der Waals surface area contributed by atoms with Gasteiger partial charge in [0.15, 0.2) is 17.9 Å². The Kier molecular flexibility index (Phi) is 34.5. The summed E-state index contributed by atoms with van der Waals surface area (Å²) in [7, 11) is 1.77. The zero-order chi connectivity index (χ0) is 71.2. The van der Waals surface area contributed by atoms with Crippen LogP contribution in [0.15, 0.2) is 134 Å². The standard InChI is InChI=1S/C74H107N5O19/c1-48-22-16-13-11-9-7-5-6-8-10-12-14-17-24-61(96-73-70(92)68(69(91)50(3)95-73)78-65(89)32-37-79-35-20-15-21-36-79)45-64-67(72(93)77-34-31-53-23-18-19-33-76-53)63(88)47-74(94,98-64)46-60(86)42-58(84)40-56(82)38-55(81)39-57(83)41-59(85)44-66(90)97-71(48)49(2)25-30-54(80)43-62(87)51-26-28-52(75-4)29-27-51/h5-14,16-19,22-24,26-29,33,48-50,54-56,58-61,63-64,67-71,73,75,80-82,84-86,88,91-92,94H,15,20-21,25,30-32,34-47H2,1-4H3,(H,77,93)(H,78,89)/b6-5+,9-7+,10-8+,13-11+,14-12+,22-16+,24-17+. The number of amides is 2. The summed E-state index contributed by atoms with van der Waals surface area (Å²) in [4.78, 5) is 73.8. The van der Waals surface area contributed by atoms with Gasteiger partial charge in [0, 0.05) is 101 Å². The van der Waals surface area contributed by atoms with Gasteiger partial charge in [0.1, 0.15) is 24.1 Å². The number of carbonyl (C=O) groups is 5. The molecule has 24 heteroatoms. The van der Waals surface area contributed by atoms with E-state index in [4.69, 9.17) is 18.9 Å². The maximum atomic E-state index is 14.3. The first-order valence-electron chi connectivity index (χ1n) is 34.6. The number of ketones is 2. The number of Topliss-reactive ketones (excluding diaryl/α,β-unsaturated/α-hetero) is 2. The Morgan fingerprint density at radius 3 is 1.99 bits per heavy atom. The number of ether oxygens (including phenoxy) is 4. The predicted molar refractivity (Wildman–Crippen MR) is 367 cm³/mol. The first-order chi connectivity index (χ1) is 46.9. The number of anilines is 1. The maximum absolute atomic E-state index is 14.3. The van der Waals surface area contributed by atoms with Gasteiger partial charge in [-0.3, -0.25) is 29.0 Å². The maximum Gasteiger partial charge on any atom is 0.308 e. The third kappa shape index (κ3) is 28.3. The lowest BCUT2D eigenvalue weighted by atomic mass is 9.82. The van der Waals surface area contributed by atoms with Crippen molar-refractivity contribution in [1.82, 2.24) is 20.5 Å². The first-order valence-corrected chi connectivity index (χ1v) is 34.6. The highest BCUT2D eigenvalue weighted by Gasteiger charge is 2.51. The summed E-state index contributed by atoms with van der Waals surface area (Å²) in [6.45, 7) is 7.62. The molecular weight excluding hydrogens is 1260 g/mol. The van der Waals surface area contributed by atoms with Gasteiger partial charge in [-0.2, -0.15) is 0 Å². The van der Waals surface area contributed by atoms with E-state index >= 15 is 0 Å². The van der Waals surface area contributed by atoms with Crippen LogP contribution in [-0.2, 0) is 44.5 Å². The molecule has 4 aliphatic heterocycles. The van der Waals surface area contributed by atoms with Crippen molar-refractivity contribution in [3.05, 3.63) is 145 Å². The number of aliphatic hydroxyl groups is 10. The number of fused-ring (bicyclic) bond motifs is 2. The van der Waals surface area contributed by atoms with Gasteiger partial charge in [-0.15, -0.1) is 0 Å². The van der Waals surface area contributed by atoms with Gasteiger partial charge < -0.3 is 90.9 Å². The minimum Gasteiger partial charge on any atom is -0.461 e. The highest BCUT2D eigenvalue weighted by Crippen LogP contribution is 2.39. The molecule has 3 fully saturated rings. The second kappa shape index (κ2) is 42.0. The molecule has 24 nitrogen and oxygen atoms in total. The molecule has 2 aromatic rings. The molecule has 2 amide bonds. The molecule has 3 saturated heterocycles. The van der Waals surface area contributed by atoms with Crippen LogP contribution in [0, 0.1) is 17.8 Å². The molecule has 98 heavy (non-hydrogen) atoms. The predicted octanol–water partition coefficient (Wildman–Crippen LogP) is 4.45. The number of piperidine rings is 1. The average molecular weight is 1370 g/mol. The summed E-state index contributed by atoms with van der Waals surface area (Å²) >= 11 is 0. The number of aliphatic hydroxyl groups excluding tert-OH is 9. The van der Waals surface area contributed by atoms with Crippen LogP contribution >= 0.6 is 0 Å². The quantitative estimate of drug-likeness (QED) is 0.0724. The Balaban J connectivity index is 1.22. The third-order valence-electron chi connectivity index (χ3n) is 18.2. The van der Waals surface area contributed by atoms with Gasteiger partial charge in [0.2, 0.25) is 11.8 Å². The first kappa shape index (κ1) is 80.5. The Hall–Kier alpha value is -6.46. The molecule has 0 radical (unpaired) electrons. The summed E-state index contributed by atoms with van der Waals surface area (Å²) in [5.74, 6) is -7.09. The number of aromatic nitrogens is 1. The van der Waals surface area contributed by atoms with Crippen molar-refractivity contribution < 1.29 is 94.0 Å². The molecule has 2 bridgehead atoms. The molecule has 19 atom stereocenters. The van der Waals surface area contributed by atoms with E-state index in [0.29, 0.717) is 30.6 Å². The van der Waals surface area contributed by atoms with Crippen LogP contribution in [0.3, 0.4) is 0 Å². The third-order valence-corrected chi connectivity index (χ3v) is 18.2. The van der Waals surface area contributed by atoms with Crippen LogP contribution in [0.5, 0.6) is 0 Å². The molecule has 1 aromatic carbocycles. The molecule has 1 aromatic heterocycles. The monoisotopic (exact) mass is 1370 g/mol. The lowest BCUT2D eigenvalue weighted by Gasteiger charge is -2.46. The van der Waals surface area contributed by atoms with Gasteiger partial charge in [-0.1, -0.05) is 111 Å². The van der Waals surface area contributed by atoms with Gasteiger partial charge >= 0.3 is 5.97 Å². The number of nitrogens with zero attached hydrogens (tertiary/aromatic N) is 2. The number of pyridine rings is 1. The number of hydrogen-bond acceptors (Lipinski definition) is 22. The molecule has 6 rings (SSSR count). The molecular formula is C74H107N5O19. The Morgan fingerprint density at radius 2 is 1.35 bits per heavy atom. The number of allylic oxidation sites excluding steroid dienone is 12. The number of benzene rings is 1. The van der Waals surface area contributed by atoms with Crippen molar-refractivity contribution in [2.24, 2.45) is 17.8 Å². The Labute approximate surface area is 575 Å². The fourth-order valence-electron chi connectivity index (χ4n) is 12.9.